The van der Waals surface area contributed by atoms with Crippen LogP contribution in [-0.4, -0.2) is 22.5 Å². The van der Waals surface area contributed by atoms with Gasteiger partial charge in [0.05, 0.1) is 5.70 Å². The van der Waals surface area contributed by atoms with Crippen molar-refractivity contribution in [3.63, 3.8) is 0 Å². The van der Waals surface area contributed by atoms with Crippen molar-refractivity contribution in [3.8, 4) is 0 Å². The van der Waals surface area contributed by atoms with Crippen LogP contribution in [0.1, 0.15) is 23.2 Å². The molecule has 1 aromatic rings. The zero-order chi connectivity index (χ0) is 13.4. The smallest absolute Gasteiger partial charge is 0.283 e. The van der Waals surface area contributed by atoms with Crippen molar-refractivity contribution in [2.45, 2.75) is 12.8 Å². The molecular weight excluding hydrogens is 242 g/mol. The minimum atomic E-state index is -0.756. The molecule has 1 aliphatic carbocycles. The molecule has 0 unspecified atom stereocenters. The summed E-state index contributed by atoms with van der Waals surface area (Å²) < 4.78 is 0. The molecule has 0 radical (unpaired) electrons. The Hall–Kier alpha value is -2.49. The van der Waals surface area contributed by atoms with E-state index in [1.54, 1.807) is 42.5 Å². The molecule has 0 bridgehead atoms. The van der Waals surface area contributed by atoms with E-state index in [1.165, 1.54) is 0 Å². The van der Waals surface area contributed by atoms with Crippen LogP contribution in [-0.2, 0) is 9.59 Å². The van der Waals surface area contributed by atoms with Crippen LogP contribution in [0, 0.1) is 0 Å². The minimum absolute atomic E-state index is 0.362. The zero-order valence-electron chi connectivity index (χ0n) is 10.1. The summed E-state index contributed by atoms with van der Waals surface area (Å²) in [4.78, 5) is 37.1. The molecule has 2 aliphatic rings. The molecule has 1 heterocycles. The number of carbonyl (C=O) groups excluding carboxylic acids is 3. The molecule has 0 N–H and O–H groups in total. The van der Waals surface area contributed by atoms with Crippen molar-refractivity contribution < 1.29 is 14.4 Å². The van der Waals surface area contributed by atoms with E-state index in [0.717, 1.165) is 17.7 Å². The number of amides is 2. The van der Waals surface area contributed by atoms with Crippen LogP contribution in [0.5, 0.6) is 0 Å². The lowest BCUT2D eigenvalue weighted by atomic mass is 10.0. The topological polar surface area (TPSA) is 54.5 Å². The van der Waals surface area contributed by atoms with E-state index in [-0.39, 0.29) is 0 Å². The molecule has 0 spiro atoms. The van der Waals surface area contributed by atoms with Crippen molar-refractivity contribution in [1.29, 1.82) is 0 Å². The van der Waals surface area contributed by atoms with Gasteiger partial charge < -0.3 is 0 Å². The number of benzene rings is 1. The van der Waals surface area contributed by atoms with Gasteiger partial charge in [0.1, 0.15) is 0 Å². The first kappa shape index (κ1) is 11.6. The first-order valence-electron chi connectivity index (χ1n) is 6.09. The average Bonchev–Trinajstić information content (AvgIpc) is 2.72. The van der Waals surface area contributed by atoms with Gasteiger partial charge in [0.2, 0.25) is 0 Å². The number of hydrogen-bond acceptors (Lipinski definition) is 3. The second-order valence-corrected chi connectivity index (χ2v) is 4.43. The number of imide groups is 1. The normalized spacial score (nSPS) is 18.0. The maximum atomic E-state index is 12.3. The van der Waals surface area contributed by atoms with Crippen molar-refractivity contribution in [1.82, 2.24) is 4.90 Å². The van der Waals surface area contributed by atoms with Crippen molar-refractivity contribution in [2.24, 2.45) is 0 Å². The van der Waals surface area contributed by atoms with E-state index in [9.17, 15) is 14.4 Å². The lowest BCUT2D eigenvalue weighted by molar-refractivity contribution is -0.137. The van der Waals surface area contributed by atoms with E-state index in [1.807, 2.05) is 0 Å². The third-order valence-electron chi connectivity index (χ3n) is 3.24. The van der Waals surface area contributed by atoms with Crippen molar-refractivity contribution in [3.05, 3.63) is 59.3 Å². The molecule has 1 saturated heterocycles. The van der Waals surface area contributed by atoms with E-state index >= 15 is 0 Å². The molecule has 0 saturated carbocycles. The summed E-state index contributed by atoms with van der Waals surface area (Å²) >= 11 is 0. The minimum Gasteiger partial charge on any atom is -0.283 e. The lowest BCUT2D eigenvalue weighted by Gasteiger charge is -2.16. The standard InChI is InChI=1S/C15H11NO3/c17-13-11-8-4-5-9-12(11)16(15(13)19)14(18)10-6-2-1-3-7-10/h1-3,6-9H,4-5H2. The number of likely N-dealkylation sites (tertiary alicyclic amines) is 1. The number of Topliss-reactive ketones (excluding diaryl/α,β-unsaturated/α-hetero) is 1. The fourth-order valence-electron chi connectivity index (χ4n) is 2.32. The van der Waals surface area contributed by atoms with Gasteiger partial charge in [-0.05, 0) is 25.0 Å². The summed E-state index contributed by atoms with van der Waals surface area (Å²) in [6, 6.07) is 8.50. The second-order valence-electron chi connectivity index (χ2n) is 4.43. The largest absolute Gasteiger partial charge is 0.306 e. The lowest BCUT2D eigenvalue weighted by Crippen LogP contribution is -2.33. The average molecular weight is 253 g/mol. The molecule has 1 fully saturated rings. The summed E-state index contributed by atoms with van der Waals surface area (Å²) in [5.74, 6) is -1.79. The second kappa shape index (κ2) is 4.31. The van der Waals surface area contributed by atoms with Crippen LogP contribution in [0.4, 0.5) is 0 Å². The fourth-order valence-corrected chi connectivity index (χ4v) is 2.32. The molecular formula is C15H11NO3. The number of carbonyl (C=O) groups is 3. The zero-order valence-corrected chi connectivity index (χ0v) is 10.1. The van der Waals surface area contributed by atoms with Crippen LogP contribution < -0.4 is 0 Å². The van der Waals surface area contributed by atoms with Gasteiger partial charge in [-0.1, -0.05) is 30.4 Å². The Balaban J connectivity index is 2.04. The number of fused-ring (bicyclic) bond motifs is 1. The quantitative estimate of drug-likeness (QED) is 0.567. The molecule has 4 nitrogen and oxygen atoms in total. The number of hydrogen-bond donors (Lipinski definition) is 0. The molecule has 2 amide bonds. The highest BCUT2D eigenvalue weighted by Crippen LogP contribution is 2.31. The summed E-state index contributed by atoms with van der Waals surface area (Å²) in [5.41, 5.74) is 1.20. The molecule has 19 heavy (non-hydrogen) atoms. The third-order valence-corrected chi connectivity index (χ3v) is 3.24. The predicted octanol–water partition coefficient (Wildman–Crippen LogP) is 1.84. The first-order valence-corrected chi connectivity index (χ1v) is 6.09. The highest BCUT2D eigenvalue weighted by atomic mass is 16.2. The van der Waals surface area contributed by atoms with E-state index in [2.05, 4.69) is 0 Å². The highest BCUT2D eigenvalue weighted by molar-refractivity contribution is 6.50. The molecule has 94 valence electrons. The monoisotopic (exact) mass is 253 g/mol. The Morgan fingerprint density at radius 1 is 1.00 bits per heavy atom. The van der Waals surface area contributed by atoms with E-state index < -0.39 is 17.6 Å². The van der Waals surface area contributed by atoms with Gasteiger partial charge in [-0.15, -0.1) is 0 Å². The summed E-state index contributed by atoms with van der Waals surface area (Å²) in [6.07, 6.45) is 4.97. The molecule has 4 heteroatoms. The van der Waals surface area contributed by atoms with Gasteiger partial charge in [0.25, 0.3) is 11.7 Å². The van der Waals surface area contributed by atoms with Crippen molar-refractivity contribution >= 4 is 17.6 Å². The molecule has 0 atom stereocenters. The number of ketones is 1. The maximum absolute atomic E-state index is 12.3. The van der Waals surface area contributed by atoms with Crippen LogP contribution in [0.3, 0.4) is 0 Å². The maximum Gasteiger partial charge on any atom is 0.306 e. The van der Waals surface area contributed by atoms with Gasteiger partial charge in [-0.25, -0.2) is 4.90 Å². The summed E-state index contributed by atoms with van der Waals surface area (Å²) in [6.45, 7) is 0. The Kier molecular flexibility index (Phi) is 2.63. The molecule has 0 aromatic heterocycles. The Morgan fingerprint density at radius 2 is 1.68 bits per heavy atom. The molecule has 1 aliphatic heterocycles. The molecule has 1 aromatic carbocycles. The summed E-state index contributed by atoms with van der Waals surface area (Å²) in [7, 11) is 0. The van der Waals surface area contributed by atoms with Gasteiger partial charge in [-0.3, -0.25) is 14.4 Å². The van der Waals surface area contributed by atoms with Gasteiger partial charge in [0, 0.05) is 11.1 Å². The number of nitrogens with zero attached hydrogens (tertiary/aromatic N) is 1. The number of rotatable bonds is 1. The Labute approximate surface area is 110 Å². The van der Waals surface area contributed by atoms with Crippen LogP contribution in [0.25, 0.3) is 0 Å². The fraction of sp³-hybridized carbons (Fsp3) is 0.133. The summed E-state index contributed by atoms with van der Waals surface area (Å²) in [5, 5.41) is 0. The first-order chi connectivity index (χ1) is 9.20. The van der Waals surface area contributed by atoms with E-state index in [0.29, 0.717) is 16.8 Å². The third kappa shape index (κ3) is 1.73. The predicted molar refractivity (Wildman–Crippen MR) is 68.0 cm³/mol. The Bertz CT molecular complexity index is 641. The SMILES string of the molecule is O=C1C(=O)N(C(=O)c2ccccc2)C2=CCCC=C12. The highest BCUT2D eigenvalue weighted by Gasteiger charge is 2.43. The van der Waals surface area contributed by atoms with E-state index in [4.69, 9.17) is 0 Å². The van der Waals surface area contributed by atoms with Crippen LogP contribution in [0.2, 0.25) is 0 Å². The van der Waals surface area contributed by atoms with Gasteiger partial charge in [0.15, 0.2) is 0 Å². The van der Waals surface area contributed by atoms with Crippen LogP contribution in [0.15, 0.2) is 53.8 Å². The van der Waals surface area contributed by atoms with Gasteiger partial charge in [-0.2, -0.15) is 0 Å². The Morgan fingerprint density at radius 3 is 2.42 bits per heavy atom. The van der Waals surface area contributed by atoms with Gasteiger partial charge >= 0.3 is 5.91 Å². The van der Waals surface area contributed by atoms with Crippen molar-refractivity contribution in [2.75, 3.05) is 0 Å². The number of allylic oxidation sites excluding steroid dienone is 3. The van der Waals surface area contributed by atoms with Crippen LogP contribution >= 0.6 is 0 Å². The molecule has 3 rings (SSSR count).